The van der Waals surface area contributed by atoms with Gasteiger partial charge in [-0.3, -0.25) is 43.2 Å². The first-order chi connectivity index (χ1) is 56.4. The third kappa shape index (κ3) is 20.9. The molecule has 0 aromatic rings. The summed E-state index contributed by atoms with van der Waals surface area (Å²) in [5.41, 5.74) is -0.365. The number of nitriles is 1. The second-order valence-electron chi connectivity index (χ2n) is 51.3. The van der Waals surface area contributed by atoms with Gasteiger partial charge in [0, 0.05) is 71.5 Å². The maximum Gasteiger partial charge on any atom is 0.330 e. The van der Waals surface area contributed by atoms with Crippen molar-refractivity contribution in [2.75, 3.05) is 33.0 Å². The Labute approximate surface area is 737 Å². The normalized spacial score (nSPS) is 41.0. The first-order valence-electron chi connectivity index (χ1n) is 47.5. The Hall–Kier alpha value is -5.40. The number of esters is 9. The molecular weight excluding hydrogens is 1560 g/mol. The molecule has 22 nitrogen and oxygen atoms in total. The van der Waals surface area contributed by atoms with Gasteiger partial charge in [0.15, 0.2) is 5.41 Å². The minimum atomic E-state index is -1.03. The highest BCUT2D eigenvalue weighted by atomic mass is 16.6. The van der Waals surface area contributed by atoms with Crippen LogP contribution in [-0.2, 0) is 100.0 Å². The van der Waals surface area contributed by atoms with Crippen LogP contribution in [-0.4, -0.2) is 146 Å². The highest BCUT2D eigenvalue weighted by Gasteiger charge is 2.79. The average Bonchev–Trinajstić information content (AvgIpc) is 1.51. The molecule has 0 spiro atoms. The molecule has 0 aromatic carbocycles. The van der Waals surface area contributed by atoms with Crippen LogP contribution in [0.2, 0.25) is 0 Å². The predicted octanol–water partition coefficient (Wildman–Crippen LogP) is 19.1. The van der Waals surface area contributed by atoms with Gasteiger partial charge in [0.25, 0.3) is 0 Å². The molecule has 0 aromatic heterocycles. The zero-order valence-corrected chi connectivity index (χ0v) is 81.1. The van der Waals surface area contributed by atoms with Gasteiger partial charge in [-0.25, -0.2) is 0 Å². The summed E-state index contributed by atoms with van der Waals surface area (Å²) in [6.45, 7) is 65.9. The van der Waals surface area contributed by atoms with Crippen LogP contribution >= 0.6 is 0 Å². The molecule has 696 valence electrons. The number of hydrogen-bond donors (Lipinski definition) is 0. The van der Waals surface area contributed by atoms with Crippen molar-refractivity contribution >= 4 is 53.7 Å². The maximum atomic E-state index is 12.0. The van der Waals surface area contributed by atoms with E-state index in [-0.39, 0.29) is 169 Å². The number of rotatable bonds is 0. The molecule has 6 aliphatic carbocycles. The number of nitrogens with zero attached hydrogens (tertiary/aromatic N) is 1. The molecular formula is C101H161NO21. The molecule has 28 unspecified atom stereocenters. The molecule has 22 heteroatoms. The van der Waals surface area contributed by atoms with Gasteiger partial charge in [-0.05, 0) is 164 Å². The van der Waals surface area contributed by atoms with Crippen LogP contribution in [0, 0.1) is 166 Å². The Balaban J connectivity index is 0.000000134. The van der Waals surface area contributed by atoms with Crippen LogP contribution in [0.4, 0.5) is 0 Å². The van der Waals surface area contributed by atoms with Gasteiger partial charge in [-0.15, -0.1) is 0 Å². The topological polar surface area (TPSA) is 288 Å². The third-order valence-electron chi connectivity index (χ3n) is 31.4. The molecule has 6 saturated carbocycles. The quantitative estimate of drug-likeness (QED) is 0.161. The summed E-state index contributed by atoms with van der Waals surface area (Å²) in [4.78, 5) is 102. The van der Waals surface area contributed by atoms with Crippen molar-refractivity contribution in [2.45, 2.75) is 389 Å². The molecule has 16 aliphatic heterocycles. The molecule has 22 fully saturated rings. The van der Waals surface area contributed by atoms with Crippen LogP contribution < -0.4 is 0 Å². The van der Waals surface area contributed by atoms with E-state index in [2.05, 4.69) is 186 Å². The lowest BCUT2D eigenvalue weighted by Crippen LogP contribution is -2.52. The SMILES string of the molecule is CC(C)(C)C.CC(C)(C)C.CC(C)(C)C12CC3CC(C#N)(C(=O)O1)C2O3.CC(C)(C)C12CC3CC(C(=O)O1)C2C3.CC(C)(C)C12CC3CC(C(=O)O1)C2O3.CC(C)(C)C1C2CC3CC(C2)C(=O)OC1C3.CC(C)(C)C1CCOC(=O)C1.CC(C)(C)C1CCOC1=O.CC(C)(C)C1COC(=O)C1.O=C1OCC2C3CCC(C3)C12.O=C1OCC2C3CCC(O3)C12. The lowest BCUT2D eigenvalue weighted by atomic mass is 9.57. The summed E-state index contributed by atoms with van der Waals surface area (Å²) >= 11 is 0. The molecule has 16 saturated heterocycles. The second-order valence-corrected chi connectivity index (χ2v) is 51.3. The summed E-state index contributed by atoms with van der Waals surface area (Å²) < 4.78 is 64.5. The van der Waals surface area contributed by atoms with Crippen LogP contribution in [0.25, 0.3) is 0 Å². The summed E-state index contributed by atoms with van der Waals surface area (Å²) in [5.74, 6) is 7.57. The molecule has 0 N–H and O–H groups in total. The van der Waals surface area contributed by atoms with Crippen molar-refractivity contribution in [1.29, 1.82) is 5.26 Å². The molecule has 22 aliphatic rings. The Morgan fingerprint density at radius 2 is 0.927 bits per heavy atom. The number of hydrogen-bond acceptors (Lipinski definition) is 22. The van der Waals surface area contributed by atoms with Crippen molar-refractivity contribution in [3.8, 4) is 6.07 Å². The summed E-state index contributed by atoms with van der Waals surface area (Å²) in [6.07, 6.45) is 21.0. The van der Waals surface area contributed by atoms with E-state index in [4.69, 9.17) is 56.8 Å². The van der Waals surface area contributed by atoms with Crippen LogP contribution in [0.1, 0.15) is 329 Å². The average molecular weight is 1730 g/mol. The molecule has 22 rings (SSSR count). The van der Waals surface area contributed by atoms with Gasteiger partial charge < -0.3 is 56.8 Å². The lowest BCUT2D eigenvalue weighted by Gasteiger charge is -2.47. The highest BCUT2D eigenvalue weighted by molar-refractivity contribution is 5.86. The summed E-state index contributed by atoms with van der Waals surface area (Å²) in [6, 6.07) is 2.15. The first-order valence-corrected chi connectivity index (χ1v) is 47.5. The van der Waals surface area contributed by atoms with E-state index in [9.17, 15) is 48.4 Å². The van der Waals surface area contributed by atoms with Gasteiger partial charge in [-0.1, -0.05) is 201 Å². The van der Waals surface area contributed by atoms with E-state index in [1.165, 1.54) is 32.1 Å². The van der Waals surface area contributed by atoms with E-state index < -0.39 is 11.0 Å². The lowest BCUT2D eigenvalue weighted by molar-refractivity contribution is -0.161. The Bertz CT molecular complexity index is 3750. The molecule has 123 heavy (non-hydrogen) atoms. The number of cyclic esters (lactones) is 5. The van der Waals surface area contributed by atoms with Gasteiger partial charge in [-0.2, -0.15) is 5.26 Å². The number of ether oxygens (including phenoxy) is 12. The minimum absolute atomic E-state index is 0.00956. The Morgan fingerprint density at radius 1 is 0.374 bits per heavy atom. The second kappa shape index (κ2) is 35.5. The highest BCUT2D eigenvalue weighted by Crippen LogP contribution is 2.68. The first kappa shape index (κ1) is 98.2. The fourth-order valence-electron chi connectivity index (χ4n) is 25.0. The van der Waals surface area contributed by atoms with Gasteiger partial charge in [0.2, 0.25) is 0 Å². The maximum absolute atomic E-state index is 12.0. The number of carbonyl (C=O) groups is 9. The third-order valence-corrected chi connectivity index (χ3v) is 31.4. The largest absolute Gasteiger partial charge is 0.466 e. The van der Waals surface area contributed by atoms with Crippen molar-refractivity contribution in [3.63, 3.8) is 0 Å². The number of carbonyl (C=O) groups excluding carboxylic acids is 9. The Kier molecular flexibility index (Phi) is 28.3. The zero-order valence-electron chi connectivity index (χ0n) is 81.1. The van der Waals surface area contributed by atoms with Crippen molar-refractivity contribution in [2.24, 2.45) is 155 Å². The van der Waals surface area contributed by atoms with Crippen molar-refractivity contribution < 1.29 is 100.0 Å². The number of fused-ring (bicyclic) bond motifs is 14. The fourth-order valence-corrected chi connectivity index (χ4v) is 25.0. The summed E-state index contributed by atoms with van der Waals surface area (Å²) in [5, 5.41) is 9.29. The van der Waals surface area contributed by atoms with Gasteiger partial charge in [0.1, 0.15) is 35.1 Å². The zero-order chi connectivity index (χ0) is 91.4. The molecule has 0 amide bonds. The van der Waals surface area contributed by atoms with E-state index >= 15 is 0 Å². The standard InChI is InChI=1S/C14H22O2.C12H15NO3.C12H18O2.C11H16O3.C9H12O2.C9H16O2.C8H10O3.2C8H14O2.2C5H12/c1-14(2,3)12-9-4-8-5-10(7-9)13(15)16-11(12)6-8;1-10(2,3)12-5-7-4-11(6-13,8(12)15-7)9(14)16-12;1-11(2,3)12-6-7-4-8(9(12)5-7)10(13)14-12;1-10(2,3)11-5-6-4-7(8(11)13-6)9(12)14-11;10-9-8-6-2-1-5(3-6)7(8)4-11-9;1-9(2,3)7-4-5-11-8(10)6-7;9-8-7-4(3-10-8)5-1-2-6(7)11-5;1-8(2,3)6-4-7(9)10-5-6;1-8(2,3)6-4-5-10-7(6)9;2*1-5(2,3)4/h8-12H,4-7H2,1-3H3;7-8H,4-5H2,1-3H3;7-9H,4-6H2,1-3H3;6-8H,4-5H2,1-3H3;5-8H,1-4H2;7H,4-6H2,1-3H3;4-7H,1-3H2;2*6H,4-5H2,1-3H3;2*1-4H3. The summed E-state index contributed by atoms with van der Waals surface area (Å²) in [7, 11) is 0. The van der Waals surface area contributed by atoms with Crippen LogP contribution in [0.5, 0.6) is 0 Å². The fraction of sp³-hybridized carbons (Fsp3) is 0.901. The minimum Gasteiger partial charge on any atom is -0.466 e. The van der Waals surface area contributed by atoms with E-state index in [0.717, 1.165) is 107 Å². The van der Waals surface area contributed by atoms with Crippen molar-refractivity contribution in [1.82, 2.24) is 0 Å². The Morgan fingerprint density at radius 3 is 1.40 bits per heavy atom. The molecule has 16 heterocycles. The molecule has 0 radical (unpaired) electrons. The van der Waals surface area contributed by atoms with Crippen LogP contribution in [0.15, 0.2) is 0 Å². The van der Waals surface area contributed by atoms with Crippen molar-refractivity contribution in [3.05, 3.63) is 0 Å². The van der Waals surface area contributed by atoms with Gasteiger partial charge >= 0.3 is 53.7 Å². The van der Waals surface area contributed by atoms with Crippen LogP contribution in [0.3, 0.4) is 0 Å². The van der Waals surface area contributed by atoms with E-state index in [1.54, 1.807) is 0 Å². The van der Waals surface area contributed by atoms with Gasteiger partial charge in [0.05, 0.1) is 105 Å². The monoisotopic (exact) mass is 1720 g/mol. The molecule has 14 bridgehead atoms. The predicted molar refractivity (Wildman–Crippen MR) is 463 cm³/mol. The molecule has 28 atom stereocenters. The van der Waals surface area contributed by atoms with E-state index in [0.29, 0.717) is 110 Å². The smallest absolute Gasteiger partial charge is 0.330 e. The van der Waals surface area contributed by atoms with E-state index in [1.807, 2.05) is 20.8 Å².